The minimum absolute atomic E-state index is 0.528. The molecule has 0 atom stereocenters. The van der Waals surface area contributed by atoms with Gasteiger partial charge in [0.15, 0.2) is 11.0 Å². The number of rotatable bonds is 3. The highest BCUT2D eigenvalue weighted by Gasteiger charge is 2.25. The molecule has 21 heavy (non-hydrogen) atoms. The summed E-state index contributed by atoms with van der Waals surface area (Å²) < 4.78 is 0. The van der Waals surface area contributed by atoms with Gasteiger partial charge < -0.3 is 9.80 Å². The Morgan fingerprint density at radius 1 is 1.00 bits per heavy atom. The number of piperidine rings is 1. The van der Waals surface area contributed by atoms with Crippen molar-refractivity contribution >= 4 is 17.4 Å². The van der Waals surface area contributed by atoms with Crippen molar-refractivity contribution in [2.75, 3.05) is 37.6 Å². The molecule has 1 aromatic rings. The van der Waals surface area contributed by atoms with Gasteiger partial charge in [-0.15, -0.1) is 10.2 Å². The molecule has 0 aliphatic carbocycles. The first-order valence-electron chi connectivity index (χ1n) is 8.12. The van der Waals surface area contributed by atoms with E-state index >= 15 is 0 Å². The molecule has 2 saturated heterocycles. The highest BCUT2D eigenvalue weighted by atomic mass is 35.5. The summed E-state index contributed by atoms with van der Waals surface area (Å²) in [6.07, 6.45) is 5.30. The monoisotopic (exact) mass is 308 g/mol. The zero-order chi connectivity index (χ0) is 14.8. The van der Waals surface area contributed by atoms with Gasteiger partial charge in [-0.2, -0.15) is 0 Å². The van der Waals surface area contributed by atoms with Crippen LogP contribution in [0.2, 0.25) is 5.15 Å². The van der Waals surface area contributed by atoms with Gasteiger partial charge in [0.05, 0.1) is 0 Å². The molecule has 0 saturated carbocycles. The maximum atomic E-state index is 6.05. The van der Waals surface area contributed by atoms with Crippen molar-refractivity contribution in [3.63, 3.8) is 0 Å². The molecule has 0 radical (unpaired) electrons. The molecular formula is C16H25ClN4. The van der Waals surface area contributed by atoms with Gasteiger partial charge in [0.25, 0.3) is 0 Å². The third-order valence-corrected chi connectivity index (χ3v) is 5.43. The third-order valence-electron chi connectivity index (χ3n) is 5.07. The molecular weight excluding hydrogens is 284 g/mol. The van der Waals surface area contributed by atoms with E-state index in [0.717, 1.165) is 30.4 Å². The highest BCUT2D eigenvalue weighted by Crippen LogP contribution is 2.28. The first kappa shape index (κ1) is 15.0. The fourth-order valence-electron chi connectivity index (χ4n) is 3.52. The van der Waals surface area contributed by atoms with Crippen LogP contribution in [0.1, 0.15) is 36.8 Å². The Bertz CT molecular complexity index is 491. The zero-order valence-corrected chi connectivity index (χ0v) is 13.9. The standard InChI is InChI=1S/C16H25ClN4/c1-12-13(2)16(19-18-15(12)17)21-9-5-14(6-10-21)11-20-7-3-4-8-20/h14H,3-11H2,1-2H3. The van der Waals surface area contributed by atoms with Gasteiger partial charge in [-0.05, 0) is 69.7 Å². The first-order valence-corrected chi connectivity index (χ1v) is 8.49. The predicted molar refractivity (Wildman–Crippen MR) is 87.1 cm³/mol. The fraction of sp³-hybridized carbons (Fsp3) is 0.750. The molecule has 0 amide bonds. The van der Waals surface area contributed by atoms with Gasteiger partial charge in [-0.3, -0.25) is 0 Å². The topological polar surface area (TPSA) is 32.3 Å². The first-order chi connectivity index (χ1) is 10.1. The smallest absolute Gasteiger partial charge is 0.155 e. The van der Waals surface area contributed by atoms with Gasteiger partial charge in [-0.25, -0.2) is 0 Å². The van der Waals surface area contributed by atoms with Crippen molar-refractivity contribution in [2.24, 2.45) is 5.92 Å². The summed E-state index contributed by atoms with van der Waals surface area (Å²) in [5.74, 6) is 1.87. The molecule has 2 aliphatic rings. The van der Waals surface area contributed by atoms with Crippen molar-refractivity contribution in [1.29, 1.82) is 0 Å². The van der Waals surface area contributed by atoms with Gasteiger partial charge in [0.2, 0.25) is 0 Å². The van der Waals surface area contributed by atoms with Crippen molar-refractivity contribution in [3.05, 3.63) is 16.3 Å². The summed E-state index contributed by atoms with van der Waals surface area (Å²) in [5.41, 5.74) is 2.23. The Hall–Kier alpha value is -0.870. The fourth-order valence-corrected chi connectivity index (χ4v) is 3.70. The number of likely N-dealkylation sites (tertiary alicyclic amines) is 1. The number of hydrogen-bond donors (Lipinski definition) is 0. The molecule has 0 aromatic carbocycles. The summed E-state index contributed by atoms with van der Waals surface area (Å²) in [5, 5.41) is 8.93. The number of anilines is 1. The Balaban J connectivity index is 1.59. The molecule has 1 aromatic heterocycles. The van der Waals surface area contributed by atoms with Crippen LogP contribution >= 0.6 is 11.6 Å². The van der Waals surface area contributed by atoms with Crippen molar-refractivity contribution in [3.8, 4) is 0 Å². The van der Waals surface area contributed by atoms with Crippen LogP contribution in [-0.2, 0) is 0 Å². The quantitative estimate of drug-likeness (QED) is 0.859. The average Bonchev–Trinajstić information content (AvgIpc) is 2.99. The molecule has 0 bridgehead atoms. The zero-order valence-electron chi connectivity index (χ0n) is 13.1. The maximum Gasteiger partial charge on any atom is 0.155 e. The molecule has 3 rings (SSSR count). The lowest BCUT2D eigenvalue weighted by atomic mass is 9.96. The van der Waals surface area contributed by atoms with Gasteiger partial charge in [0.1, 0.15) is 0 Å². The van der Waals surface area contributed by atoms with E-state index in [1.165, 1.54) is 50.9 Å². The Morgan fingerprint density at radius 3 is 2.33 bits per heavy atom. The lowest BCUT2D eigenvalue weighted by Crippen LogP contribution is -2.39. The maximum absolute atomic E-state index is 6.05. The molecule has 2 fully saturated rings. The minimum Gasteiger partial charge on any atom is -0.355 e. The van der Waals surface area contributed by atoms with E-state index in [0.29, 0.717) is 5.15 Å². The molecule has 0 spiro atoms. The molecule has 116 valence electrons. The van der Waals surface area contributed by atoms with Gasteiger partial charge >= 0.3 is 0 Å². The predicted octanol–water partition coefficient (Wildman–Crippen LogP) is 3.06. The van der Waals surface area contributed by atoms with Crippen LogP contribution < -0.4 is 4.90 Å². The SMILES string of the molecule is Cc1c(Cl)nnc(N2CCC(CN3CCCC3)CC2)c1C. The minimum atomic E-state index is 0.528. The van der Waals surface area contributed by atoms with E-state index in [1.807, 2.05) is 6.92 Å². The van der Waals surface area contributed by atoms with Crippen LogP contribution in [0, 0.1) is 19.8 Å². The van der Waals surface area contributed by atoms with Crippen LogP contribution in [-0.4, -0.2) is 47.8 Å². The van der Waals surface area contributed by atoms with Crippen molar-refractivity contribution in [1.82, 2.24) is 15.1 Å². The molecule has 0 N–H and O–H groups in total. The molecule has 2 aliphatic heterocycles. The summed E-state index contributed by atoms with van der Waals surface area (Å²) in [6, 6.07) is 0. The van der Waals surface area contributed by atoms with Crippen molar-refractivity contribution < 1.29 is 0 Å². The lowest BCUT2D eigenvalue weighted by Gasteiger charge is -2.35. The van der Waals surface area contributed by atoms with Gasteiger partial charge in [-0.1, -0.05) is 11.6 Å². The summed E-state index contributed by atoms with van der Waals surface area (Å²) in [6.45, 7) is 10.2. The second-order valence-electron chi connectivity index (χ2n) is 6.50. The lowest BCUT2D eigenvalue weighted by molar-refractivity contribution is 0.249. The van der Waals surface area contributed by atoms with E-state index in [9.17, 15) is 0 Å². The largest absolute Gasteiger partial charge is 0.355 e. The molecule has 0 unspecified atom stereocenters. The summed E-state index contributed by atoms with van der Waals surface area (Å²) in [4.78, 5) is 5.02. The average molecular weight is 309 g/mol. The Morgan fingerprint density at radius 2 is 1.67 bits per heavy atom. The van der Waals surface area contributed by atoms with E-state index in [4.69, 9.17) is 11.6 Å². The van der Waals surface area contributed by atoms with Crippen LogP contribution in [0.4, 0.5) is 5.82 Å². The number of nitrogens with zero attached hydrogens (tertiary/aromatic N) is 4. The molecule has 5 heteroatoms. The summed E-state index contributed by atoms with van der Waals surface area (Å²) in [7, 11) is 0. The van der Waals surface area contributed by atoms with Gasteiger partial charge in [0, 0.05) is 19.6 Å². The van der Waals surface area contributed by atoms with Crippen LogP contribution in [0.3, 0.4) is 0 Å². The van der Waals surface area contributed by atoms with Crippen LogP contribution in [0.15, 0.2) is 0 Å². The molecule has 4 nitrogen and oxygen atoms in total. The second-order valence-corrected chi connectivity index (χ2v) is 6.86. The number of halogens is 1. The number of hydrogen-bond acceptors (Lipinski definition) is 4. The Labute approximate surface area is 132 Å². The summed E-state index contributed by atoms with van der Waals surface area (Å²) >= 11 is 6.05. The highest BCUT2D eigenvalue weighted by molar-refractivity contribution is 6.30. The normalized spacial score (nSPS) is 21.2. The van der Waals surface area contributed by atoms with E-state index in [2.05, 4.69) is 26.9 Å². The van der Waals surface area contributed by atoms with E-state index in [1.54, 1.807) is 0 Å². The van der Waals surface area contributed by atoms with Crippen LogP contribution in [0.5, 0.6) is 0 Å². The van der Waals surface area contributed by atoms with E-state index in [-0.39, 0.29) is 0 Å². The second kappa shape index (κ2) is 6.49. The van der Waals surface area contributed by atoms with Crippen LogP contribution in [0.25, 0.3) is 0 Å². The Kier molecular flexibility index (Phi) is 4.65. The molecule has 3 heterocycles. The third kappa shape index (κ3) is 3.32. The van der Waals surface area contributed by atoms with Crippen molar-refractivity contribution in [2.45, 2.75) is 39.5 Å². The number of aromatic nitrogens is 2. The van der Waals surface area contributed by atoms with E-state index < -0.39 is 0 Å².